The second-order valence-electron chi connectivity index (χ2n) is 8.72. The van der Waals surface area contributed by atoms with Gasteiger partial charge >= 0.3 is 6.18 Å². The van der Waals surface area contributed by atoms with Crippen LogP contribution >= 0.6 is 11.8 Å². The molecular formula is C21H28F3N3OS. The molecule has 0 aliphatic heterocycles. The largest absolute Gasteiger partial charge is 0.416 e. The zero-order valence-electron chi connectivity index (χ0n) is 17.4. The lowest BCUT2D eigenvalue weighted by Gasteiger charge is -2.43. The second kappa shape index (κ2) is 7.61. The maximum atomic E-state index is 13.1. The predicted octanol–water partition coefficient (Wildman–Crippen LogP) is 5.30. The lowest BCUT2D eigenvalue weighted by molar-refractivity contribution is -0.137. The van der Waals surface area contributed by atoms with Crippen LogP contribution in [0.25, 0.3) is 0 Å². The number of benzene rings is 1. The van der Waals surface area contributed by atoms with Gasteiger partial charge in [0.15, 0.2) is 5.16 Å². The van der Waals surface area contributed by atoms with Gasteiger partial charge in [-0.15, -0.1) is 0 Å². The van der Waals surface area contributed by atoms with Gasteiger partial charge in [-0.05, 0) is 66.5 Å². The van der Waals surface area contributed by atoms with E-state index in [1.807, 2.05) is 13.2 Å². The van der Waals surface area contributed by atoms with Gasteiger partial charge in [-0.25, -0.2) is 9.67 Å². The molecule has 0 spiro atoms. The fourth-order valence-corrected chi connectivity index (χ4v) is 5.27. The highest BCUT2D eigenvalue weighted by Crippen LogP contribution is 2.55. The molecule has 1 aromatic heterocycles. The molecule has 1 aliphatic carbocycles. The molecule has 3 rings (SSSR count). The van der Waals surface area contributed by atoms with Crippen molar-refractivity contribution in [2.24, 2.45) is 11.3 Å². The number of rotatable bonds is 5. The summed E-state index contributed by atoms with van der Waals surface area (Å²) in [5.41, 5.74) is -0.597. The zero-order chi connectivity index (χ0) is 21.6. The third-order valence-corrected chi connectivity index (χ3v) is 7.39. The van der Waals surface area contributed by atoms with Crippen molar-refractivity contribution >= 4 is 11.8 Å². The van der Waals surface area contributed by atoms with Crippen LogP contribution in [0.15, 0.2) is 29.7 Å². The summed E-state index contributed by atoms with van der Waals surface area (Å²) in [5, 5.41) is 16.9. The molecule has 1 saturated carbocycles. The van der Waals surface area contributed by atoms with E-state index < -0.39 is 17.3 Å². The molecule has 1 aliphatic rings. The van der Waals surface area contributed by atoms with Crippen molar-refractivity contribution in [1.29, 1.82) is 0 Å². The molecule has 29 heavy (non-hydrogen) atoms. The lowest BCUT2D eigenvalue weighted by atomic mass is 9.69. The normalized spacial score (nSPS) is 25.3. The van der Waals surface area contributed by atoms with E-state index in [0.29, 0.717) is 12.1 Å². The summed E-state index contributed by atoms with van der Waals surface area (Å²) >= 11 is 1.47. The molecule has 0 amide bonds. The predicted molar refractivity (Wildman–Crippen MR) is 108 cm³/mol. The van der Waals surface area contributed by atoms with E-state index in [9.17, 15) is 18.3 Å². The molecule has 1 N–H and O–H groups in total. The number of aromatic nitrogens is 3. The first kappa shape index (κ1) is 22.2. The molecule has 160 valence electrons. The van der Waals surface area contributed by atoms with Gasteiger partial charge < -0.3 is 5.11 Å². The van der Waals surface area contributed by atoms with E-state index in [0.717, 1.165) is 29.6 Å². The van der Waals surface area contributed by atoms with Gasteiger partial charge in [-0.3, -0.25) is 0 Å². The maximum absolute atomic E-state index is 13.1. The minimum Gasteiger partial charge on any atom is -0.387 e. The Morgan fingerprint density at radius 3 is 2.62 bits per heavy atom. The number of hydrogen-bond acceptors (Lipinski definition) is 4. The number of halogens is 3. The molecule has 0 saturated heterocycles. The summed E-state index contributed by atoms with van der Waals surface area (Å²) in [6.07, 6.45) is 0.672. The Balaban J connectivity index is 1.96. The van der Waals surface area contributed by atoms with Gasteiger partial charge in [0.25, 0.3) is 0 Å². The van der Waals surface area contributed by atoms with Crippen LogP contribution in [-0.2, 0) is 12.7 Å². The number of hydrogen-bond donors (Lipinski definition) is 1. The lowest BCUT2D eigenvalue weighted by Crippen LogP contribution is -2.50. The number of aryl methyl sites for hydroxylation is 1. The Hall–Kier alpha value is -1.54. The zero-order valence-corrected chi connectivity index (χ0v) is 18.2. The van der Waals surface area contributed by atoms with Crippen molar-refractivity contribution in [3.63, 3.8) is 0 Å². The molecule has 1 heterocycles. The van der Waals surface area contributed by atoms with Crippen LogP contribution in [0.5, 0.6) is 0 Å². The van der Waals surface area contributed by atoms with Crippen LogP contribution in [0.4, 0.5) is 13.2 Å². The molecule has 2 aromatic rings. The van der Waals surface area contributed by atoms with Crippen LogP contribution in [0, 0.1) is 18.3 Å². The average Bonchev–Trinajstić information content (AvgIpc) is 3.16. The standard InChI is InChI=1S/C21H28F3N3OS/c1-13-10-15(21(22,23)24)6-7-16(13)14(2)17-8-9-19(3,4)20(17,28)11-27-18(29-5)25-12-26-27/h6-7,10,12,14,17,28H,8-9,11H2,1-5H3. The SMILES string of the molecule is CSc1ncnn1CC1(O)C(C(C)c2ccc(C(F)(F)F)cc2C)CCC1(C)C. The van der Waals surface area contributed by atoms with Crippen molar-refractivity contribution in [3.05, 3.63) is 41.2 Å². The Labute approximate surface area is 173 Å². The van der Waals surface area contributed by atoms with Gasteiger partial charge in [0.1, 0.15) is 6.33 Å². The Morgan fingerprint density at radius 1 is 1.34 bits per heavy atom. The second-order valence-corrected chi connectivity index (χ2v) is 9.49. The molecule has 4 nitrogen and oxygen atoms in total. The van der Waals surface area contributed by atoms with E-state index in [-0.39, 0.29) is 17.3 Å². The monoisotopic (exact) mass is 427 g/mol. The quantitative estimate of drug-likeness (QED) is 0.658. The van der Waals surface area contributed by atoms with Gasteiger partial charge in [0.2, 0.25) is 0 Å². The van der Waals surface area contributed by atoms with Crippen LogP contribution in [0.3, 0.4) is 0 Å². The molecule has 0 bridgehead atoms. The van der Waals surface area contributed by atoms with E-state index in [2.05, 4.69) is 23.9 Å². The molecule has 3 atom stereocenters. The summed E-state index contributed by atoms with van der Waals surface area (Å²) in [6, 6.07) is 3.91. The number of aliphatic hydroxyl groups is 1. The molecule has 1 fully saturated rings. The van der Waals surface area contributed by atoms with Crippen LogP contribution in [-0.4, -0.2) is 31.7 Å². The maximum Gasteiger partial charge on any atom is 0.416 e. The summed E-state index contributed by atoms with van der Waals surface area (Å²) in [6.45, 7) is 8.13. The summed E-state index contributed by atoms with van der Waals surface area (Å²) in [5.74, 6) is -0.197. The Bertz CT molecular complexity index is 880. The van der Waals surface area contributed by atoms with Crippen molar-refractivity contribution in [1.82, 2.24) is 14.8 Å². The molecule has 3 unspecified atom stereocenters. The van der Waals surface area contributed by atoms with Crippen LogP contribution in [0.1, 0.15) is 56.2 Å². The van der Waals surface area contributed by atoms with Crippen molar-refractivity contribution < 1.29 is 18.3 Å². The first-order valence-corrected chi connectivity index (χ1v) is 10.9. The molecule has 1 aromatic carbocycles. The van der Waals surface area contributed by atoms with E-state index in [1.165, 1.54) is 24.2 Å². The van der Waals surface area contributed by atoms with Crippen molar-refractivity contribution in [2.45, 2.75) is 69.9 Å². The summed E-state index contributed by atoms with van der Waals surface area (Å²) in [4.78, 5) is 4.23. The Kier molecular flexibility index (Phi) is 5.82. The van der Waals surface area contributed by atoms with Crippen LogP contribution < -0.4 is 0 Å². The van der Waals surface area contributed by atoms with E-state index in [1.54, 1.807) is 17.7 Å². The molecule has 8 heteroatoms. The Morgan fingerprint density at radius 2 is 2.03 bits per heavy atom. The number of alkyl halides is 3. The number of thioether (sulfide) groups is 1. The first-order valence-electron chi connectivity index (χ1n) is 9.72. The molecule has 0 radical (unpaired) electrons. The minimum absolute atomic E-state index is 0.0923. The minimum atomic E-state index is -4.36. The molecular weight excluding hydrogens is 399 g/mol. The summed E-state index contributed by atoms with van der Waals surface area (Å²) < 4.78 is 40.9. The smallest absolute Gasteiger partial charge is 0.387 e. The first-order chi connectivity index (χ1) is 13.4. The van der Waals surface area contributed by atoms with Crippen LogP contribution in [0.2, 0.25) is 0 Å². The summed E-state index contributed by atoms with van der Waals surface area (Å²) in [7, 11) is 0. The highest BCUT2D eigenvalue weighted by molar-refractivity contribution is 7.98. The van der Waals surface area contributed by atoms with Gasteiger partial charge in [0, 0.05) is 0 Å². The topological polar surface area (TPSA) is 50.9 Å². The van der Waals surface area contributed by atoms with Gasteiger partial charge in [-0.1, -0.05) is 38.6 Å². The highest BCUT2D eigenvalue weighted by Gasteiger charge is 2.56. The third kappa shape index (κ3) is 3.93. The third-order valence-electron chi connectivity index (χ3n) is 6.71. The van der Waals surface area contributed by atoms with Gasteiger partial charge in [0.05, 0.1) is 17.7 Å². The number of nitrogens with zero attached hydrogens (tertiary/aromatic N) is 3. The fraction of sp³-hybridized carbons (Fsp3) is 0.619. The fourth-order valence-electron chi connectivity index (χ4n) is 4.80. The average molecular weight is 428 g/mol. The highest BCUT2D eigenvalue weighted by atomic mass is 32.2. The van der Waals surface area contributed by atoms with E-state index >= 15 is 0 Å². The van der Waals surface area contributed by atoms with Crippen molar-refractivity contribution in [3.8, 4) is 0 Å². The van der Waals surface area contributed by atoms with Gasteiger partial charge in [-0.2, -0.15) is 18.3 Å². The van der Waals surface area contributed by atoms with Crippen molar-refractivity contribution in [2.75, 3.05) is 6.26 Å². The van der Waals surface area contributed by atoms with E-state index in [4.69, 9.17) is 0 Å².